The predicted octanol–water partition coefficient (Wildman–Crippen LogP) is 3.21. The SMILES string of the molecule is COCc1nc(NCCn2cncn2)c2c(-c3ccccc3)csc2n1. The summed E-state index contributed by atoms with van der Waals surface area (Å²) >= 11 is 1.62. The highest BCUT2D eigenvalue weighted by Gasteiger charge is 2.15. The van der Waals surface area contributed by atoms with Crippen molar-refractivity contribution >= 4 is 27.4 Å². The highest BCUT2D eigenvalue weighted by molar-refractivity contribution is 7.17. The smallest absolute Gasteiger partial charge is 0.158 e. The molecule has 0 bridgehead atoms. The van der Waals surface area contributed by atoms with Crippen molar-refractivity contribution in [2.45, 2.75) is 13.2 Å². The monoisotopic (exact) mass is 366 g/mol. The first kappa shape index (κ1) is 16.6. The molecular weight excluding hydrogens is 348 g/mol. The fourth-order valence-corrected chi connectivity index (χ4v) is 3.74. The topological polar surface area (TPSA) is 77.8 Å². The number of anilines is 1. The zero-order valence-electron chi connectivity index (χ0n) is 14.3. The molecule has 1 aromatic carbocycles. The maximum Gasteiger partial charge on any atom is 0.158 e. The molecular formula is C18H18N6OS. The van der Waals surface area contributed by atoms with E-state index in [1.807, 2.05) is 18.2 Å². The maximum atomic E-state index is 5.22. The summed E-state index contributed by atoms with van der Waals surface area (Å²) in [5, 5.41) is 10.7. The predicted molar refractivity (Wildman–Crippen MR) is 102 cm³/mol. The lowest BCUT2D eigenvalue weighted by molar-refractivity contribution is 0.178. The fourth-order valence-electron chi connectivity index (χ4n) is 2.77. The molecule has 0 saturated carbocycles. The molecule has 0 radical (unpaired) electrons. The van der Waals surface area contributed by atoms with Crippen molar-refractivity contribution in [1.82, 2.24) is 24.7 Å². The summed E-state index contributed by atoms with van der Waals surface area (Å²) in [5.41, 5.74) is 2.29. The summed E-state index contributed by atoms with van der Waals surface area (Å²) in [6.07, 6.45) is 3.24. The van der Waals surface area contributed by atoms with Gasteiger partial charge in [0, 0.05) is 24.6 Å². The van der Waals surface area contributed by atoms with E-state index in [2.05, 4.69) is 42.9 Å². The molecule has 132 valence electrons. The van der Waals surface area contributed by atoms with E-state index in [1.54, 1.807) is 29.5 Å². The van der Waals surface area contributed by atoms with Gasteiger partial charge in [-0.15, -0.1) is 11.3 Å². The lowest BCUT2D eigenvalue weighted by atomic mass is 10.1. The zero-order chi connectivity index (χ0) is 17.8. The van der Waals surface area contributed by atoms with Crippen molar-refractivity contribution in [3.05, 3.63) is 54.2 Å². The van der Waals surface area contributed by atoms with Crippen LogP contribution in [0.5, 0.6) is 0 Å². The average molecular weight is 366 g/mol. The van der Waals surface area contributed by atoms with Crippen molar-refractivity contribution in [3.63, 3.8) is 0 Å². The summed E-state index contributed by atoms with van der Waals surface area (Å²) in [6, 6.07) is 10.3. The minimum atomic E-state index is 0.381. The van der Waals surface area contributed by atoms with Crippen LogP contribution in [0.3, 0.4) is 0 Å². The number of benzene rings is 1. The highest BCUT2D eigenvalue weighted by atomic mass is 32.1. The molecule has 4 rings (SSSR count). The van der Waals surface area contributed by atoms with Crippen molar-refractivity contribution < 1.29 is 4.74 Å². The van der Waals surface area contributed by atoms with Crippen molar-refractivity contribution in [3.8, 4) is 11.1 Å². The van der Waals surface area contributed by atoms with E-state index in [4.69, 9.17) is 4.74 Å². The van der Waals surface area contributed by atoms with E-state index >= 15 is 0 Å². The molecule has 0 atom stereocenters. The Morgan fingerprint density at radius 3 is 2.85 bits per heavy atom. The van der Waals surface area contributed by atoms with Crippen LogP contribution in [0.1, 0.15) is 5.82 Å². The third-order valence-electron chi connectivity index (χ3n) is 3.94. The first-order valence-corrected chi connectivity index (χ1v) is 9.12. The van der Waals surface area contributed by atoms with Gasteiger partial charge >= 0.3 is 0 Å². The molecule has 7 nitrogen and oxygen atoms in total. The number of nitrogens with one attached hydrogen (secondary N) is 1. The van der Waals surface area contributed by atoms with Crippen LogP contribution in [0.15, 0.2) is 48.4 Å². The molecule has 8 heteroatoms. The van der Waals surface area contributed by atoms with E-state index in [-0.39, 0.29) is 0 Å². The standard InChI is InChI=1S/C18H18N6OS/c1-25-9-15-22-17(20-7-8-24-12-19-11-21-24)16-14(10-26-18(16)23-15)13-5-3-2-4-6-13/h2-6,10-12H,7-9H2,1H3,(H,20,22,23). The Balaban J connectivity index is 1.70. The number of thiophene rings is 1. The van der Waals surface area contributed by atoms with E-state index in [0.717, 1.165) is 27.2 Å². The van der Waals surface area contributed by atoms with Crippen molar-refractivity contribution in [2.24, 2.45) is 0 Å². The van der Waals surface area contributed by atoms with Crippen molar-refractivity contribution in [1.29, 1.82) is 0 Å². The second-order valence-electron chi connectivity index (χ2n) is 5.70. The van der Waals surface area contributed by atoms with Gasteiger partial charge in [0.25, 0.3) is 0 Å². The van der Waals surface area contributed by atoms with Gasteiger partial charge in [-0.05, 0) is 5.56 Å². The van der Waals surface area contributed by atoms with Gasteiger partial charge in [0.2, 0.25) is 0 Å². The van der Waals surface area contributed by atoms with Crippen LogP contribution >= 0.6 is 11.3 Å². The van der Waals surface area contributed by atoms with Crippen LogP contribution in [-0.2, 0) is 17.9 Å². The number of methoxy groups -OCH3 is 1. The van der Waals surface area contributed by atoms with Crippen molar-refractivity contribution in [2.75, 3.05) is 19.0 Å². The summed E-state index contributed by atoms with van der Waals surface area (Å²) in [5.74, 6) is 1.49. The summed E-state index contributed by atoms with van der Waals surface area (Å²) in [7, 11) is 1.65. The number of hydrogen-bond acceptors (Lipinski definition) is 7. The van der Waals surface area contributed by atoms with Gasteiger partial charge in [0.1, 0.15) is 29.9 Å². The van der Waals surface area contributed by atoms with Gasteiger partial charge in [0.05, 0.1) is 11.9 Å². The van der Waals surface area contributed by atoms with Crippen LogP contribution in [-0.4, -0.2) is 38.4 Å². The first-order chi connectivity index (χ1) is 12.8. The number of fused-ring (bicyclic) bond motifs is 1. The average Bonchev–Trinajstić information content (AvgIpc) is 3.32. The fraction of sp³-hybridized carbons (Fsp3) is 0.222. The molecule has 1 N–H and O–H groups in total. The lowest BCUT2D eigenvalue weighted by Gasteiger charge is -2.10. The lowest BCUT2D eigenvalue weighted by Crippen LogP contribution is -2.13. The molecule has 0 fully saturated rings. The zero-order valence-corrected chi connectivity index (χ0v) is 15.1. The normalized spacial score (nSPS) is 11.1. The molecule has 26 heavy (non-hydrogen) atoms. The Kier molecular flexibility index (Phi) is 4.85. The van der Waals surface area contributed by atoms with E-state index in [9.17, 15) is 0 Å². The molecule has 4 aromatic rings. The first-order valence-electron chi connectivity index (χ1n) is 8.24. The number of nitrogens with zero attached hydrogens (tertiary/aromatic N) is 5. The van der Waals surface area contributed by atoms with Gasteiger partial charge in [-0.25, -0.2) is 15.0 Å². The van der Waals surface area contributed by atoms with E-state index in [0.29, 0.717) is 25.5 Å². The number of aromatic nitrogens is 5. The van der Waals surface area contributed by atoms with E-state index < -0.39 is 0 Å². The van der Waals surface area contributed by atoms with Crippen LogP contribution in [0.25, 0.3) is 21.3 Å². The van der Waals surface area contributed by atoms with Crippen LogP contribution in [0, 0.1) is 0 Å². The highest BCUT2D eigenvalue weighted by Crippen LogP contribution is 2.36. The van der Waals surface area contributed by atoms with Crippen LogP contribution < -0.4 is 5.32 Å². The Morgan fingerprint density at radius 2 is 2.08 bits per heavy atom. The summed E-state index contributed by atoms with van der Waals surface area (Å²) < 4.78 is 7.00. The second kappa shape index (κ2) is 7.59. The minimum absolute atomic E-state index is 0.381. The molecule has 0 saturated heterocycles. The Labute approximate surface area is 154 Å². The number of ether oxygens (including phenoxy) is 1. The molecule has 0 aliphatic carbocycles. The summed E-state index contributed by atoms with van der Waals surface area (Å²) in [4.78, 5) is 14.2. The van der Waals surface area contributed by atoms with Gasteiger partial charge in [0.15, 0.2) is 5.82 Å². The molecule has 0 aliphatic rings. The number of rotatable bonds is 7. The third-order valence-corrected chi connectivity index (χ3v) is 4.81. The maximum absolute atomic E-state index is 5.22. The Morgan fingerprint density at radius 1 is 1.19 bits per heavy atom. The van der Waals surface area contributed by atoms with Crippen LogP contribution in [0.2, 0.25) is 0 Å². The summed E-state index contributed by atoms with van der Waals surface area (Å²) in [6.45, 7) is 1.77. The quantitative estimate of drug-likeness (QED) is 0.541. The minimum Gasteiger partial charge on any atom is -0.377 e. The second-order valence-corrected chi connectivity index (χ2v) is 6.56. The molecule has 3 heterocycles. The molecule has 0 aliphatic heterocycles. The molecule has 0 amide bonds. The number of hydrogen-bond donors (Lipinski definition) is 1. The Bertz CT molecular complexity index is 984. The third kappa shape index (κ3) is 3.42. The van der Waals surface area contributed by atoms with Gasteiger partial charge in [-0.3, -0.25) is 4.68 Å². The molecule has 0 unspecified atom stereocenters. The van der Waals surface area contributed by atoms with Gasteiger partial charge in [-0.1, -0.05) is 30.3 Å². The molecule has 0 spiro atoms. The van der Waals surface area contributed by atoms with Gasteiger partial charge in [-0.2, -0.15) is 5.10 Å². The largest absolute Gasteiger partial charge is 0.377 e. The Hall–Kier alpha value is -2.84. The van der Waals surface area contributed by atoms with E-state index in [1.165, 1.54) is 6.33 Å². The van der Waals surface area contributed by atoms with Crippen LogP contribution in [0.4, 0.5) is 5.82 Å². The molecule has 3 aromatic heterocycles. The van der Waals surface area contributed by atoms with Gasteiger partial charge < -0.3 is 10.1 Å².